The summed E-state index contributed by atoms with van der Waals surface area (Å²) in [5, 5.41) is 16.0. The Kier molecular flexibility index (Phi) is 6.35. The molecule has 1 aromatic carbocycles. The van der Waals surface area contributed by atoms with E-state index in [0.717, 1.165) is 37.0 Å². The Labute approximate surface area is 164 Å². The van der Waals surface area contributed by atoms with Gasteiger partial charge in [0.25, 0.3) is 0 Å². The molecular weight excluding hydrogens is 370 g/mol. The number of rotatable bonds is 5. The van der Waals surface area contributed by atoms with E-state index in [1.165, 1.54) is 4.88 Å². The number of nitrogens with one attached hydrogen (secondary N) is 1. The molecule has 6 heteroatoms. The van der Waals surface area contributed by atoms with Crippen LogP contribution in [0.2, 0.25) is 0 Å². The van der Waals surface area contributed by atoms with Crippen LogP contribution in [0.5, 0.6) is 5.75 Å². The normalized spacial score (nSPS) is 27.7. The van der Waals surface area contributed by atoms with Crippen LogP contribution in [0.3, 0.4) is 0 Å². The Morgan fingerprint density at radius 1 is 1.15 bits per heavy atom. The average Bonchev–Trinajstić information content (AvgIpc) is 3.24. The fourth-order valence-electron chi connectivity index (χ4n) is 3.87. The molecule has 0 spiro atoms. The number of ketones is 1. The van der Waals surface area contributed by atoms with E-state index in [1.54, 1.807) is 11.3 Å². The highest BCUT2D eigenvalue weighted by atomic mass is 35.5. The van der Waals surface area contributed by atoms with Gasteiger partial charge in [-0.1, -0.05) is 18.2 Å². The van der Waals surface area contributed by atoms with E-state index in [0.29, 0.717) is 6.54 Å². The van der Waals surface area contributed by atoms with Crippen molar-refractivity contribution in [3.05, 3.63) is 52.2 Å². The molecule has 0 bridgehead atoms. The number of Topliss-reactive ketones (excluding diaryl/α,β-unsaturated/α-hetero) is 1. The maximum absolute atomic E-state index is 12.5. The number of carbonyl (C=O) groups is 1. The largest absolute Gasteiger partial charge is 0.488 e. The van der Waals surface area contributed by atoms with Gasteiger partial charge in [-0.05, 0) is 49.3 Å². The molecule has 0 aliphatic heterocycles. The maximum atomic E-state index is 12.5. The quantitative estimate of drug-likeness (QED) is 0.816. The Hall–Kier alpha value is -1.40. The molecule has 0 amide bonds. The number of hydrogen-bond acceptors (Lipinski definition) is 5. The highest BCUT2D eigenvalue weighted by Crippen LogP contribution is 2.30. The van der Waals surface area contributed by atoms with Gasteiger partial charge >= 0.3 is 0 Å². The van der Waals surface area contributed by atoms with E-state index in [9.17, 15) is 9.90 Å². The standard InChI is InChI=1S/C20H23NO3S.ClH/c22-19-13(6-9-18-15(19)10-11-25-18)12-21-16-7-8-17(20(16)23)24-14-4-2-1-3-5-14;/h1-5,10-11,13,16-17,20-21,23H,6-9,12H2;1H. The number of aliphatic hydroxyl groups is 1. The predicted molar refractivity (Wildman–Crippen MR) is 106 cm³/mol. The zero-order valence-corrected chi connectivity index (χ0v) is 16.1. The van der Waals surface area contributed by atoms with E-state index in [1.807, 2.05) is 41.8 Å². The number of hydrogen-bond donors (Lipinski definition) is 2. The molecule has 26 heavy (non-hydrogen) atoms. The Balaban J connectivity index is 0.00000196. The second kappa shape index (κ2) is 8.53. The zero-order chi connectivity index (χ0) is 17.2. The fraction of sp³-hybridized carbons (Fsp3) is 0.450. The molecule has 2 aromatic rings. The molecule has 0 saturated heterocycles. The van der Waals surface area contributed by atoms with Gasteiger partial charge in [-0.3, -0.25) is 4.79 Å². The summed E-state index contributed by atoms with van der Waals surface area (Å²) in [6.07, 6.45) is 2.83. The number of benzene rings is 1. The molecular formula is C20H24ClNO3S. The number of ether oxygens (including phenoxy) is 1. The predicted octanol–water partition coefficient (Wildman–Crippen LogP) is 3.48. The maximum Gasteiger partial charge on any atom is 0.168 e. The summed E-state index contributed by atoms with van der Waals surface area (Å²) in [6.45, 7) is 0.633. The van der Waals surface area contributed by atoms with Crippen LogP contribution in [0.1, 0.15) is 34.5 Å². The number of fused-ring (bicyclic) bond motifs is 1. The summed E-state index contributed by atoms with van der Waals surface area (Å²) in [5.74, 6) is 1.06. The number of aryl methyl sites for hydroxylation is 1. The van der Waals surface area contributed by atoms with Crippen LogP contribution in [-0.4, -0.2) is 35.7 Å². The highest BCUT2D eigenvalue weighted by molar-refractivity contribution is 7.10. The van der Waals surface area contributed by atoms with Gasteiger partial charge < -0.3 is 15.2 Å². The summed E-state index contributed by atoms with van der Waals surface area (Å²) >= 11 is 1.68. The zero-order valence-electron chi connectivity index (χ0n) is 14.5. The SMILES string of the molecule is Cl.O=C1c2ccsc2CCC1CNC1CCC(Oc2ccccc2)C1O. The molecule has 1 fully saturated rings. The van der Waals surface area contributed by atoms with Crippen LogP contribution in [0.4, 0.5) is 0 Å². The van der Waals surface area contributed by atoms with E-state index in [-0.39, 0.29) is 36.3 Å². The van der Waals surface area contributed by atoms with E-state index in [4.69, 9.17) is 4.74 Å². The van der Waals surface area contributed by atoms with E-state index in [2.05, 4.69) is 5.32 Å². The number of halogens is 1. The highest BCUT2D eigenvalue weighted by Gasteiger charge is 2.37. The molecule has 1 aromatic heterocycles. The van der Waals surface area contributed by atoms with Crippen molar-refractivity contribution in [2.24, 2.45) is 5.92 Å². The molecule has 4 nitrogen and oxygen atoms in total. The second-order valence-corrected chi connectivity index (χ2v) is 7.91. The van der Waals surface area contributed by atoms with Crippen LogP contribution < -0.4 is 10.1 Å². The van der Waals surface area contributed by atoms with Gasteiger partial charge in [0, 0.05) is 28.9 Å². The Morgan fingerprint density at radius 2 is 1.96 bits per heavy atom. The van der Waals surface area contributed by atoms with Crippen molar-refractivity contribution in [1.29, 1.82) is 0 Å². The summed E-state index contributed by atoms with van der Waals surface area (Å²) < 4.78 is 5.91. The number of carbonyl (C=O) groups excluding carboxylic acids is 1. The molecule has 1 saturated carbocycles. The third kappa shape index (κ3) is 3.96. The molecule has 2 aliphatic carbocycles. The van der Waals surface area contributed by atoms with Crippen molar-refractivity contribution in [3.8, 4) is 5.75 Å². The average molecular weight is 394 g/mol. The van der Waals surface area contributed by atoms with Crippen LogP contribution >= 0.6 is 23.7 Å². The van der Waals surface area contributed by atoms with Crippen LogP contribution in [0.25, 0.3) is 0 Å². The first kappa shape index (κ1) is 19.4. The van der Waals surface area contributed by atoms with Gasteiger partial charge in [-0.25, -0.2) is 0 Å². The summed E-state index contributed by atoms with van der Waals surface area (Å²) in [5.41, 5.74) is 0.903. The molecule has 2 N–H and O–H groups in total. The minimum Gasteiger partial charge on any atom is -0.488 e. The molecule has 140 valence electrons. The first-order valence-corrected chi connectivity index (χ1v) is 9.84. The minimum atomic E-state index is -0.546. The Morgan fingerprint density at radius 3 is 2.77 bits per heavy atom. The van der Waals surface area contributed by atoms with Gasteiger partial charge in [-0.2, -0.15) is 0 Å². The van der Waals surface area contributed by atoms with Gasteiger partial charge in [0.05, 0.1) is 0 Å². The summed E-state index contributed by atoms with van der Waals surface area (Å²) in [6, 6.07) is 11.6. The smallest absolute Gasteiger partial charge is 0.168 e. The lowest BCUT2D eigenvalue weighted by molar-refractivity contribution is 0.0442. The number of thiophene rings is 1. The molecule has 0 radical (unpaired) electrons. The topological polar surface area (TPSA) is 58.6 Å². The first-order chi connectivity index (χ1) is 12.2. The van der Waals surface area contributed by atoms with Crippen molar-refractivity contribution in [2.45, 2.75) is 43.9 Å². The van der Waals surface area contributed by atoms with Crippen molar-refractivity contribution in [1.82, 2.24) is 5.32 Å². The molecule has 4 rings (SSSR count). The van der Waals surface area contributed by atoms with Crippen molar-refractivity contribution in [2.75, 3.05) is 6.54 Å². The van der Waals surface area contributed by atoms with Crippen LogP contribution in [-0.2, 0) is 6.42 Å². The minimum absolute atomic E-state index is 0. The van der Waals surface area contributed by atoms with Gasteiger partial charge in [0.15, 0.2) is 5.78 Å². The van der Waals surface area contributed by atoms with E-state index >= 15 is 0 Å². The van der Waals surface area contributed by atoms with Crippen molar-refractivity contribution in [3.63, 3.8) is 0 Å². The van der Waals surface area contributed by atoms with Gasteiger partial charge in [-0.15, -0.1) is 23.7 Å². The monoisotopic (exact) mass is 393 g/mol. The third-order valence-corrected chi connectivity index (χ3v) is 6.29. The van der Waals surface area contributed by atoms with Crippen molar-refractivity contribution < 1.29 is 14.6 Å². The molecule has 4 atom stereocenters. The third-order valence-electron chi connectivity index (χ3n) is 5.31. The van der Waals surface area contributed by atoms with Crippen molar-refractivity contribution >= 4 is 29.5 Å². The summed E-state index contributed by atoms with van der Waals surface area (Å²) in [4.78, 5) is 13.8. The lowest BCUT2D eigenvalue weighted by Gasteiger charge is -2.25. The lowest BCUT2D eigenvalue weighted by atomic mass is 9.87. The van der Waals surface area contributed by atoms with E-state index < -0.39 is 6.10 Å². The number of aliphatic hydroxyl groups excluding tert-OH is 1. The second-order valence-electron chi connectivity index (χ2n) is 6.91. The summed E-state index contributed by atoms with van der Waals surface area (Å²) in [7, 11) is 0. The fourth-order valence-corrected chi connectivity index (χ4v) is 4.77. The van der Waals surface area contributed by atoms with Crippen LogP contribution in [0, 0.1) is 5.92 Å². The van der Waals surface area contributed by atoms with Gasteiger partial charge in [0.2, 0.25) is 0 Å². The Bertz CT molecular complexity index is 736. The molecule has 1 heterocycles. The van der Waals surface area contributed by atoms with Crippen LogP contribution in [0.15, 0.2) is 41.8 Å². The van der Waals surface area contributed by atoms with Gasteiger partial charge in [0.1, 0.15) is 18.0 Å². The lowest BCUT2D eigenvalue weighted by Crippen LogP contribution is -2.44. The molecule has 4 unspecified atom stereocenters. The molecule has 2 aliphatic rings. The number of para-hydroxylation sites is 1. The first-order valence-electron chi connectivity index (χ1n) is 8.96.